The molecular weight excluding hydrogens is 258 g/mol. The van der Waals surface area contributed by atoms with Gasteiger partial charge >= 0.3 is 5.69 Å². The van der Waals surface area contributed by atoms with Crippen LogP contribution in [0.5, 0.6) is 5.88 Å². The van der Waals surface area contributed by atoms with E-state index < -0.39 is 11.2 Å². The van der Waals surface area contributed by atoms with Gasteiger partial charge in [-0.1, -0.05) is 18.2 Å². The van der Waals surface area contributed by atoms with E-state index >= 15 is 0 Å². The second-order valence-corrected chi connectivity index (χ2v) is 4.43. The van der Waals surface area contributed by atoms with Crippen LogP contribution < -0.4 is 11.2 Å². The molecule has 100 valence electrons. The average Bonchev–Trinajstić information content (AvgIpc) is 2.84. The first-order valence-electron chi connectivity index (χ1n) is 5.95. The molecule has 0 aliphatic carbocycles. The highest BCUT2D eigenvalue weighted by molar-refractivity contribution is 6.21. The highest BCUT2D eigenvalue weighted by Crippen LogP contribution is 2.32. The Labute approximate surface area is 113 Å². The van der Waals surface area contributed by atoms with Crippen LogP contribution in [0, 0.1) is 0 Å². The number of aromatic hydroxyl groups is 1. The average molecular weight is 269 g/mol. The number of nitrogens with zero attached hydrogens (tertiary/aromatic N) is 2. The summed E-state index contributed by atoms with van der Waals surface area (Å²) in [6.07, 6.45) is 3.14. The number of benzene rings is 1. The predicted octanol–water partition coefficient (Wildman–Crippen LogP) is 1.04. The van der Waals surface area contributed by atoms with Crippen molar-refractivity contribution in [3.8, 4) is 5.88 Å². The Hall–Kier alpha value is -2.89. The summed E-state index contributed by atoms with van der Waals surface area (Å²) in [7, 11) is 1.38. The summed E-state index contributed by atoms with van der Waals surface area (Å²) in [6, 6.07) is 7.47. The fourth-order valence-electron chi connectivity index (χ4n) is 2.07. The van der Waals surface area contributed by atoms with Gasteiger partial charge in [0.05, 0.1) is 5.69 Å². The van der Waals surface area contributed by atoms with Crippen LogP contribution in [-0.2, 0) is 7.05 Å². The highest BCUT2D eigenvalue weighted by atomic mass is 16.3. The van der Waals surface area contributed by atoms with Gasteiger partial charge in [0.1, 0.15) is 5.56 Å². The molecular formula is C14H11N3O3. The Bertz CT molecular complexity index is 872. The fourth-order valence-corrected chi connectivity index (χ4v) is 2.07. The van der Waals surface area contributed by atoms with Gasteiger partial charge in [-0.05, 0) is 12.1 Å². The Morgan fingerprint density at radius 1 is 1.30 bits per heavy atom. The number of hydrogen-bond acceptors (Lipinski definition) is 4. The summed E-state index contributed by atoms with van der Waals surface area (Å²) in [6.45, 7) is 0. The number of fused-ring (bicyclic) bond motifs is 1. The molecule has 3 rings (SSSR count). The number of para-hydroxylation sites is 1. The first kappa shape index (κ1) is 12.2. The first-order chi connectivity index (χ1) is 9.58. The van der Waals surface area contributed by atoms with E-state index in [0.717, 1.165) is 15.8 Å². The standard InChI is InChI=1S/C14H11N3O3/c1-17-13(19)10(12(18)16-14(17)20)6-8-7-15-11-5-3-2-4-9(8)11/h2-7,19H,1H3,(H,16,18,20)/b8-6-. The maximum absolute atomic E-state index is 11.8. The lowest BCUT2D eigenvalue weighted by molar-refractivity contribution is 0.416. The van der Waals surface area contributed by atoms with Gasteiger partial charge in [0.25, 0.3) is 5.56 Å². The predicted molar refractivity (Wildman–Crippen MR) is 76.4 cm³/mol. The van der Waals surface area contributed by atoms with Crippen LogP contribution >= 0.6 is 0 Å². The molecule has 2 aromatic rings. The second-order valence-electron chi connectivity index (χ2n) is 4.43. The maximum Gasteiger partial charge on any atom is 0.330 e. The van der Waals surface area contributed by atoms with Crippen LogP contribution in [0.15, 0.2) is 38.8 Å². The van der Waals surface area contributed by atoms with Crippen LogP contribution in [-0.4, -0.2) is 20.9 Å². The van der Waals surface area contributed by atoms with E-state index in [1.807, 2.05) is 24.3 Å². The third-order valence-corrected chi connectivity index (χ3v) is 3.19. The number of rotatable bonds is 1. The van der Waals surface area contributed by atoms with Crippen molar-refractivity contribution in [2.75, 3.05) is 0 Å². The van der Waals surface area contributed by atoms with Crippen LogP contribution in [0.3, 0.4) is 0 Å². The quantitative estimate of drug-likeness (QED) is 0.810. The number of allylic oxidation sites excluding steroid dienone is 1. The zero-order chi connectivity index (χ0) is 14.3. The van der Waals surface area contributed by atoms with Crippen LogP contribution in [0.25, 0.3) is 11.6 Å². The molecule has 0 radical (unpaired) electrons. The minimum absolute atomic E-state index is 0.0326. The van der Waals surface area contributed by atoms with E-state index in [1.165, 1.54) is 13.1 Å². The SMILES string of the molecule is Cn1c(O)c(/C=C2/C=Nc3ccccc32)c(=O)[nH]c1=O. The fraction of sp³-hybridized carbons (Fsp3) is 0.0714. The molecule has 0 amide bonds. The third kappa shape index (κ3) is 1.78. The summed E-state index contributed by atoms with van der Waals surface area (Å²) in [5, 5.41) is 9.92. The Kier molecular flexibility index (Phi) is 2.64. The normalized spacial score (nSPS) is 14.8. The van der Waals surface area contributed by atoms with Gasteiger partial charge in [0.2, 0.25) is 5.88 Å². The van der Waals surface area contributed by atoms with Crippen molar-refractivity contribution in [1.29, 1.82) is 0 Å². The molecule has 0 saturated carbocycles. The molecule has 0 spiro atoms. The lowest BCUT2D eigenvalue weighted by atomic mass is 10.1. The second kappa shape index (κ2) is 4.34. The molecule has 20 heavy (non-hydrogen) atoms. The van der Waals surface area contributed by atoms with E-state index in [2.05, 4.69) is 9.98 Å². The molecule has 0 saturated heterocycles. The molecule has 1 aromatic carbocycles. The van der Waals surface area contributed by atoms with Crippen molar-refractivity contribution in [1.82, 2.24) is 9.55 Å². The van der Waals surface area contributed by atoms with Crippen molar-refractivity contribution in [2.45, 2.75) is 0 Å². The highest BCUT2D eigenvalue weighted by Gasteiger charge is 2.15. The monoisotopic (exact) mass is 269 g/mol. The number of aromatic amines is 1. The molecule has 0 unspecified atom stereocenters. The van der Waals surface area contributed by atoms with Gasteiger partial charge in [-0.15, -0.1) is 0 Å². The third-order valence-electron chi connectivity index (χ3n) is 3.19. The van der Waals surface area contributed by atoms with E-state index in [-0.39, 0.29) is 11.4 Å². The van der Waals surface area contributed by atoms with E-state index in [0.29, 0.717) is 5.57 Å². The largest absolute Gasteiger partial charge is 0.494 e. The van der Waals surface area contributed by atoms with Gasteiger partial charge < -0.3 is 5.11 Å². The molecule has 6 heteroatoms. The molecule has 0 bridgehead atoms. The molecule has 1 aliphatic heterocycles. The van der Waals surface area contributed by atoms with Crippen molar-refractivity contribution < 1.29 is 5.11 Å². The van der Waals surface area contributed by atoms with Crippen molar-refractivity contribution in [3.63, 3.8) is 0 Å². The lowest BCUT2D eigenvalue weighted by Gasteiger charge is -2.04. The lowest BCUT2D eigenvalue weighted by Crippen LogP contribution is -2.29. The molecule has 0 fully saturated rings. The maximum atomic E-state index is 11.8. The van der Waals surface area contributed by atoms with Gasteiger partial charge in [0, 0.05) is 24.4 Å². The molecule has 2 heterocycles. The first-order valence-corrected chi connectivity index (χ1v) is 5.95. The Morgan fingerprint density at radius 3 is 2.85 bits per heavy atom. The van der Waals surface area contributed by atoms with Gasteiger partial charge in [-0.25, -0.2) is 4.79 Å². The summed E-state index contributed by atoms with van der Waals surface area (Å²) >= 11 is 0. The summed E-state index contributed by atoms with van der Waals surface area (Å²) < 4.78 is 0.978. The van der Waals surface area contributed by atoms with Crippen LogP contribution in [0.2, 0.25) is 0 Å². The number of nitrogens with one attached hydrogen (secondary N) is 1. The van der Waals surface area contributed by atoms with Crippen molar-refractivity contribution in [2.24, 2.45) is 12.0 Å². The van der Waals surface area contributed by atoms with Gasteiger partial charge in [-0.2, -0.15) is 0 Å². The van der Waals surface area contributed by atoms with E-state index in [9.17, 15) is 14.7 Å². The molecule has 6 nitrogen and oxygen atoms in total. The van der Waals surface area contributed by atoms with Gasteiger partial charge in [0.15, 0.2) is 0 Å². The summed E-state index contributed by atoms with van der Waals surface area (Å²) in [5.74, 6) is -0.371. The Morgan fingerprint density at radius 2 is 2.05 bits per heavy atom. The smallest absolute Gasteiger partial charge is 0.330 e. The molecule has 1 aliphatic rings. The van der Waals surface area contributed by atoms with Crippen molar-refractivity contribution >= 4 is 23.6 Å². The van der Waals surface area contributed by atoms with E-state index in [4.69, 9.17) is 0 Å². The van der Waals surface area contributed by atoms with Gasteiger partial charge in [-0.3, -0.25) is 19.3 Å². The minimum atomic E-state index is -0.657. The number of hydrogen-bond donors (Lipinski definition) is 2. The zero-order valence-corrected chi connectivity index (χ0v) is 10.6. The molecule has 0 atom stereocenters. The number of aliphatic imine (C=N–C) groups is 1. The zero-order valence-electron chi connectivity index (χ0n) is 10.6. The van der Waals surface area contributed by atoms with E-state index in [1.54, 1.807) is 6.21 Å². The number of aromatic nitrogens is 2. The summed E-state index contributed by atoms with van der Waals surface area (Å²) in [4.78, 5) is 29.5. The summed E-state index contributed by atoms with van der Waals surface area (Å²) in [5.41, 5.74) is 1.14. The topological polar surface area (TPSA) is 87.4 Å². The van der Waals surface area contributed by atoms with Crippen LogP contribution in [0.4, 0.5) is 5.69 Å². The van der Waals surface area contributed by atoms with Crippen LogP contribution in [0.1, 0.15) is 11.1 Å². The van der Waals surface area contributed by atoms with Crippen molar-refractivity contribution in [3.05, 3.63) is 56.2 Å². The Balaban J connectivity index is 2.21. The molecule has 1 aromatic heterocycles. The minimum Gasteiger partial charge on any atom is -0.494 e. The molecule has 2 N–H and O–H groups in total. The number of H-pyrrole nitrogens is 1.